The molecule has 5 aromatic carbocycles. The summed E-state index contributed by atoms with van der Waals surface area (Å²) in [5, 5.41) is 4.72. The lowest BCUT2D eigenvalue weighted by Crippen LogP contribution is -2.00. The molecule has 0 aliphatic carbocycles. The lowest BCUT2D eigenvalue weighted by Gasteiger charge is -2.09. The van der Waals surface area contributed by atoms with Crippen LogP contribution in [0.15, 0.2) is 122 Å². The van der Waals surface area contributed by atoms with E-state index in [2.05, 4.69) is 69.8 Å². The number of para-hydroxylation sites is 6. The van der Waals surface area contributed by atoms with Gasteiger partial charge in [-0.3, -0.25) is 19.1 Å². The van der Waals surface area contributed by atoms with Crippen molar-refractivity contribution >= 4 is 65.7 Å². The molecular weight excluding hydrogens is 492 g/mol. The molecule has 0 saturated carbocycles. The van der Waals surface area contributed by atoms with E-state index in [1.807, 2.05) is 60.9 Å². The number of benzene rings is 5. The lowest BCUT2D eigenvalue weighted by molar-refractivity contribution is 1.07. The molecule has 9 rings (SSSR count). The number of rotatable bonds is 2. The maximum atomic E-state index is 5.02. The smallest absolute Gasteiger partial charge is 0.156 e. The average molecular weight is 513 g/mol. The van der Waals surface area contributed by atoms with Gasteiger partial charge >= 0.3 is 0 Å². The fraction of sp³-hybridized carbons (Fsp3) is 0. The second-order valence-corrected chi connectivity index (χ2v) is 9.99. The summed E-state index contributed by atoms with van der Waals surface area (Å²) in [7, 11) is 0. The third-order valence-electron chi connectivity index (χ3n) is 7.80. The van der Waals surface area contributed by atoms with Crippen LogP contribution in [0.25, 0.3) is 77.3 Å². The highest BCUT2D eigenvalue weighted by Crippen LogP contribution is 2.41. The number of hydrogen-bond donors (Lipinski definition) is 0. The minimum absolute atomic E-state index is 0.799. The summed E-state index contributed by atoms with van der Waals surface area (Å²) in [6, 6.07) is 37.5. The molecule has 0 fully saturated rings. The van der Waals surface area contributed by atoms with Gasteiger partial charge in [0.25, 0.3) is 0 Å². The van der Waals surface area contributed by atoms with Crippen LogP contribution in [0.2, 0.25) is 0 Å². The van der Waals surface area contributed by atoms with E-state index >= 15 is 0 Å². The monoisotopic (exact) mass is 512 g/mol. The first-order chi connectivity index (χ1) is 19.8. The van der Waals surface area contributed by atoms with Gasteiger partial charge < -0.3 is 0 Å². The molecule has 186 valence electrons. The predicted molar refractivity (Wildman–Crippen MR) is 161 cm³/mol. The van der Waals surface area contributed by atoms with E-state index in [9.17, 15) is 0 Å². The Hall–Kier alpha value is -5.62. The summed E-state index contributed by atoms with van der Waals surface area (Å²) in [6.45, 7) is 0. The Morgan fingerprint density at radius 3 is 1.25 bits per heavy atom. The molecule has 40 heavy (non-hydrogen) atoms. The SMILES string of the molecule is c1ccc2nc(-n3c4ccccc4c4c5c6ccccc6n(-c6cnc7ccccc7n6)c5ccc43)cnc2c1. The van der Waals surface area contributed by atoms with E-state index in [-0.39, 0.29) is 0 Å². The minimum Gasteiger partial charge on any atom is -0.292 e. The summed E-state index contributed by atoms with van der Waals surface area (Å²) < 4.78 is 4.46. The van der Waals surface area contributed by atoms with Crippen molar-refractivity contribution in [1.82, 2.24) is 29.1 Å². The Morgan fingerprint density at radius 1 is 0.375 bits per heavy atom. The highest BCUT2D eigenvalue weighted by molar-refractivity contribution is 6.28. The first-order valence-electron chi connectivity index (χ1n) is 13.2. The first-order valence-corrected chi connectivity index (χ1v) is 13.2. The van der Waals surface area contributed by atoms with Crippen LogP contribution in [0.5, 0.6) is 0 Å². The third-order valence-corrected chi connectivity index (χ3v) is 7.80. The Kier molecular flexibility index (Phi) is 4.24. The van der Waals surface area contributed by atoms with Gasteiger partial charge in [-0.25, -0.2) is 9.97 Å². The van der Waals surface area contributed by atoms with Crippen LogP contribution in [0.3, 0.4) is 0 Å². The van der Waals surface area contributed by atoms with Crippen molar-refractivity contribution in [1.29, 1.82) is 0 Å². The maximum Gasteiger partial charge on any atom is 0.156 e. The van der Waals surface area contributed by atoms with Gasteiger partial charge in [0.2, 0.25) is 0 Å². The fourth-order valence-electron chi connectivity index (χ4n) is 6.12. The minimum atomic E-state index is 0.799. The Morgan fingerprint density at radius 2 is 0.775 bits per heavy atom. The van der Waals surface area contributed by atoms with E-state index in [4.69, 9.17) is 19.9 Å². The molecule has 0 unspecified atom stereocenters. The van der Waals surface area contributed by atoms with Crippen molar-refractivity contribution in [2.75, 3.05) is 0 Å². The van der Waals surface area contributed by atoms with Crippen molar-refractivity contribution < 1.29 is 0 Å². The van der Waals surface area contributed by atoms with Gasteiger partial charge in [0.15, 0.2) is 11.6 Å². The van der Waals surface area contributed by atoms with E-state index in [1.54, 1.807) is 0 Å². The van der Waals surface area contributed by atoms with Gasteiger partial charge in [-0.1, -0.05) is 60.7 Å². The number of fused-ring (bicyclic) bond motifs is 9. The number of aromatic nitrogens is 6. The molecule has 0 aliphatic rings. The zero-order valence-corrected chi connectivity index (χ0v) is 21.2. The Balaban J connectivity index is 1.43. The lowest BCUT2D eigenvalue weighted by atomic mass is 10.1. The number of nitrogens with zero attached hydrogens (tertiary/aromatic N) is 6. The Labute approximate surface area is 227 Å². The zero-order chi connectivity index (χ0) is 26.2. The molecule has 4 heterocycles. The van der Waals surface area contributed by atoms with Gasteiger partial charge in [-0.05, 0) is 48.5 Å². The quantitative estimate of drug-likeness (QED) is 0.237. The molecule has 0 saturated heterocycles. The van der Waals surface area contributed by atoms with E-state index in [1.165, 1.54) is 21.5 Å². The van der Waals surface area contributed by atoms with Crippen LogP contribution in [0, 0.1) is 0 Å². The first kappa shape index (κ1) is 21.3. The van der Waals surface area contributed by atoms with Crippen LogP contribution in [0.4, 0.5) is 0 Å². The third kappa shape index (κ3) is 2.87. The highest BCUT2D eigenvalue weighted by atomic mass is 15.1. The van der Waals surface area contributed by atoms with E-state index < -0.39 is 0 Å². The predicted octanol–water partition coefficient (Wildman–Crippen LogP) is 7.77. The van der Waals surface area contributed by atoms with Crippen LogP contribution < -0.4 is 0 Å². The van der Waals surface area contributed by atoms with Crippen LogP contribution in [-0.4, -0.2) is 29.1 Å². The van der Waals surface area contributed by atoms with Crippen molar-refractivity contribution in [3.05, 3.63) is 122 Å². The summed E-state index contributed by atoms with van der Waals surface area (Å²) >= 11 is 0. The molecule has 0 aliphatic heterocycles. The zero-order valence-electron chi connectivity index (χ0n) is 21.2. The van der Waals surface area contributed by atoms with Crippen LogP contribution in [-0.2, 0) is 0 Å². The summed E-state index contributed by atoms with van der Waals surface area (Å²) in [6.07, 6.45) is 3.73. The second kappa shape index (κ2) is 7.94. The van der Waals surface area contributed by atoms with Gasteiger partial charge in [-0.2, -0.15) is 0 Å². The molecule has 0 N–H and O–H groups in total. The summed E-state index contributed by atoms with van der Waals surface area (Å²) in [4.78, 5) is 19.5. The summed E-state index contributed by atoms with van der Waals surface area (Å²) in [5.41, 5.74) is 7.88. The van der Waals surface area contributed by atoms with Crippen LogP contribution in [0.1, 0.15) is 0 Å². The van der Waals surface area contributed by atoms with Crippen molar-refractivity contribution in [3.63, 3.8) is 0 Å². The second-order valence-electron chi connectivity index (χ2n) is 9.99. The van der Waals surface area contributed by atoms with Gasteiger partial charge in [0.05, 0.1) is 56.5 Å². The molecule has 0 spiro atoms. The largest absolute Gasteiger partial charge is 0.292 e. The molecule has 4 aromatic heterocycles. The van der Waals surface area contributed by atoms with Crippen molar-refractivity contribution in [2.45, 2.75) is 0 Å². The van der Waals surface area contributed by atoms with E-state index in [0.29, 0.717) is 0 Å². The molecule has 6 heteroatoms. The summed E-state index contributed by atoms with van der Waals surface area (Å²) in [5.74, 6) is 1.60. The number of hydrogen-bond acceptors (Lipinski definition) is 4. The fourth-order valence-corrected chi connectivity index (χ4v) is 6.12. The van der Waals surface area contributed by atoms with Crippen LogP contribution >= 0.6 is 0 Å². The molecule has 0 bridgehead atoms. The van der Waals surface area contributed by atoms with E-state index in [0.717, 1.165) is 55.8 Å². The maximum absolute atomic E-state index is 5.02. The normalized spacial score (nSPS) is 12.0. The molecule has 0 radical (unpaired) electrons. The molecule has 9 aromatic rings. The molecule has 0 atom stereocenters. The van der Waals surface area contributed by atoms with Crippen molar-refractivity contribution in [2.24, 2.45) is 0 Å². The van der Waals surface area contributed by atoms with Gasteiger partial charge in [0.1, 0.15) is 0 Å². The molecule has 6 nitrogen and oxygen atoms in total. The van der Waals surface area contributed by atoms with Gasteiger partial charge in [0, 0.05) is 21.5 Å². The van der Waals surface area contributed by atoms with Gasteiger partial charge in [-0.15, -0.1) is 0 Å². The van der Waals surface area contributed by atoms with Crippen molar-refractivity contribution in [3.8, 4) is 11.6 Å². The average Bonchev–Trinajstić information content (AvgIpc) is 3.53. The standard InChI is InChI=1S/C34H20N6/c1-7-15-27-21(9-1)33-29(39(27)31-19-35-23-11-3-5-13-25(23)37-31)17-18-30-34(33)22-10-2-8-16-28(22)40(30)32-20-36-24-12-4-6-14-26(24)38-32/h1-20H. The molecule has 0 amide bonds. The molecular formula is C34H20N6. The highest BCUT2D eigenvalue weighted by Gasteiger charge is 2.21. The Bertz CT molecular complexity index is 2280. The topological polar surface area (TPSA) is 61.4 Å².